The molecule has 0 unspecified atom stereocenters. The van der Waals surface area contributed by atoms with E-state index < -0.39 is 0 Å². The summed E-state index contributed by atoms with van der Waals surface area (Å²) in [5.41, 5.74) is 7.68. The highest BCUT2D eigenvalue weighted by atomic mass is 35.5. The molecule has 0 N–H and O–H groups in total. The molecule has 178 valence electrons. The van der Waals surface area contributed by atoms with Gasteiger partial charge in [0.1, 0.15) is 0 Å². The van der Waals surface area contributed by atoms with Gasteiger partial charge >= 0.3 is 0 Å². The molecule has 0 saturated carbocycles. The molecular weight excluding hydrogens is 479 g/mol. The Labute approximate surface area is 222 Å². The molecule has 0 amide bonds. The molecule has 0 bridgehead atoms. The summed E-state index contributed by atoms with van der Waals surface area (Å²) in [4.78, 5) is 0. The summed E-state index contributed by atoms with van der Waals surface area (Å²) in [5, 5.41) is 9.51. The molecule has 0 atom stereocenters. The third-order valence-electron chi connectivity index (χ3n) is 7.52. The molecule has 36 heavy (non-hydrogen) atoms. The Morgan fingerprint density at radius 2 is 0.778 bits per heavy atom. The lowest BCUT2D eigenvalue weighted by Crippen LogP contribution is -1.98. The van der Waals surface area contributed by atoms with Crippen molar-refractivity contribution in [3.63, 3.8) is 0 Å². The van der Waals surface area contributed by atoms with Gasteiger partial charge in [-0.1, -0.05) is 99.4 Å². The topological polar surface area (TPSA) is 0 Å². The third kappa shape index (κ3) is 3.67. The van der Waals surface area contributed by atoms with E-state index in [1.54, 1.807) is 0 Å². The van der Waals surface area contributed by atoms with Gasteiger partial charge < -0.3 is 0 Å². The molecule has 0 fully saturated rings. The van der Waals surface area contributed by atoms with Gasteiger partial charge in [-0.2, -0.15) is 0 Å². The van der Waals surface area contributed by atoms with Gasteiger partial charge in [0.05, 0.1) is 0 Å². The number of halogens is 2. The van der Waals surface area contributed by atoms with Gasteiger partial charge in [-0.15, -0.1) is 0 Å². The summed E-state index contributed by atoms with van der Waals surface area (Å²) in [7, 11) is 0. The third-order valence-corrected chi connectivity index (χ3v) is 8.02. The van der Waals surface area contributed by atoms with E-state index in [0.29, 0.717) is 11.8 Å². The normalized spacial score (nSPS) is 12.1. The van der Waals surface area contributed by atoms with Crippen LogP contribution in [0, 0.1) is 0 Å². The van der Waals surface area contributed by atoms with Crippen LogP contribution in [0.25, 0.3) is 54.6 Å². The molecule has 0 aliphatic rings. The zero-order valence-electron chi connectivity index (χ0n) is 21.0. The van der Waals surface area contributed by atoms with E-state index in [1.165, 1.54) is 65.7 Å². The Balaban J connectivity index is 1.81. The van der Waals surface area contributed by atoms with Gasteiger partial charge in [0.15, 0.2) is 0 Å². The molecule has 0 aliphatic heterocycles. The van der Waals surface area contributed by atoms with Crippen LogP contribution in [0.5, 0.6) is 0 Å². The average molecular weight is 508 g/mol. The van der Waals surface area contributed by atoms with E-state index in [9.17, 15) is 0 Å². The van der Waals surface area contributed by atoms with E-state index in [2.05, 4.69) is 88.4 Å². The largest absolute Gasteiger partial charge is 0.0843 e. The molecule has 2 heteroatoms. The van der Waals surface area contributed by atoms with Crippen LogP contribution in [-0.2, 0) is 0 Å². The van der Waals surface area contributed by atoms with E-state index in [0.717, 1.165) is 10.0 Å². The fourth-order valence-corrected chi connectivity index (χ4v) is 5.99. The van der Waals surface area contributed by atoms with Crippen molar-refractivity contribution >= 4 is 55.5 Å². The quantitative estimate of drug-likeness (QED) is 0.208. The number of hydrogen-bond donors (Lipinski definition) is 0. The van der Waals surface area contributed by atoms with Crippen LogP contribution in [0.4, 0.5) is 0 Å². The SMILES string of the molecule is CC(C)c1cc(-c2ccc(Cl)cc2)c2ccc3c(C(C)C)cc(-c4ccc(Cl)cc4)c4ccc1c2c43. The zero-order valence-corrected chi connectivity index (χ0v) is 22.5. The summed E-state index contributed by atoms with van der Waals surface area (Å²) in [6, 6.07) is 30.6. The van der Waals surface area contributed by atoms with Gasteiger partial charge in [-0.25, -0.2) is 0 Å². The van der Waals surface area contributed by atoms with Crippen LogP contribution >= 0.6 is 23.2 Å². The Kier molecular flexibility index (Phi) is 5.71. The number of hydrogen-bond acceptors (Lipinski definition) is 0. The van der Waals surface area contributed by atoms with Crippen molar-refractivity contribution in [2.75, 3.05) is 0 Å². The predicted molar refractivity (Wildman–Crippen MR) is 159 cm³/mol. The van der Waals surface area contributed by atoms with Crippen molar-refractivity contribution in [1.29, 1.82) is 0 Å². The zero-order chi connectivity index (χ0) is 25.1. The van der Waals surface area contributed by atoms with Crippen LogP contribution in [0.3, 0.4) is 0 Å². The highest BCUT2D eigenvalue weighted by molar-refractivity contribution is 6.31. The molecule has 0 spiro atoms. The highest BCUT2D eigenvalue weighted by Crippen LogP contribution is 2.47. The first kappa shape index (κ1) is 23.3. The minimum Gasteiger partial charge on any atom is -0.0843 e. The van der Waals surface area contributed by atoms with Crippen LogP contribution in [0.15, 0.2) is 84.9 Å². The fourth-order valence-electron chi connectivity index (χ4n) is 5.74. The lowest BCUT2D eigenvalue weighted by molar-refractivity contribution is 0.876. The molecule has 6 rings (SSSR count). The maximum Gasteiger partial charge on any atom is 0.0406 e. The van der Waals surface area contributed by atoms with Crippen molar-refractivity contribution < 1.29 is 0 Å². The molecule has 0 aliphatic carbocycles. The predicted octanol–water partition coefficient (Wildman–Crippen LogP) is 11.5. The van der Waals surface area contributed by atoms with E-state index in [-0.39, 0.29) is 0 Å². The Bertz CT molecular complexity index is 1590. The van der Waals surface area contributed by atoms with Crippen LogP contribution < -0.4 is 0 Å². The summed E-state index contributed by atoms with van der Waals surface area (Å²) in [5.74, 6) is 0.807. The summed E-state index contributed by atoms with van der Waals surface area (Å²) in [6.07, 6.45) is 0. The molecule has 6 aromatic rings. The van der Waals surface area contributed by atoms with Gasteiger partial charge in [0.2, 0.25) is 0 Å². The lowest BCUT2D eigenvalue weighted by atomic mass is 9.81. The molecule has 0 aromatic heterocycles. The van der Waals surface area contributed by atoms with Crippen molar-refractivity contribution in [2.45, 2.75) is 39.5 Å². The fraction of sp³-hybridized carbons (Fsp3) is 0.176. The van der Waals surface area contributed by atoms with Crippen LogP contribution in [-0.4, -0.2) is 0 Å². The van der Waals surface area contributed by atoms with E-state index >= 15 is 0 Å². The average Bonchev–Trinajstić information content (AvgIpc) is 2.87. The summed E-state index contributed by atoms with van der Waals surface area (Å²) in [6.45, 7) is 9.15. The maximum atomic E-state index is 6.25. The standard InChI is InChI=1S/C34H28Cl2/c1-19(2)29-17-31(21-5-9-23(35)10-6-21)27-16-14-26-30(20(3)4)18-32(22-7-11-24(36)12-8-22)28-15-13-25(29)33(27)34(26)28/h5-20H,1-4H3. The van der Waals surface area contributed by atoms with Crippen molar-refractivity contribution in [3.8, 4) is 22.3 Å². The van der Waals surface area contributed by atoms with Crippen LogP contribution in [0.1, 0.15) is 50.7 Å². The van der Waals surface area contributed by atoms with E-state index in [1.807, 2.05) is 24.3 Å². The van der Waals surface area contributed by atoms with Gasteiger partial charge in [0, 0.05) is 10.0 Å². The highest BCUT2D eigenvalue weighted by Gasteiger charge is 2.21. The lowest BCUT2D eigenvalue weighted by Gasteiger charge is -2.23. The molecule has 0 radical (unpaired) electrons. The van der Waals surface area contributed by atoms with Gasteiger partial charge in [0.25, 0.3) is 0 Å². The minimum atomic E-state index is 0.404. The van der Waals surface area contributed by atoms with Gasteiger partial charge in [-0.3, -0.25) is 0 Å². The minimum absolute atomic E-state index is 0.404. The van der Waals surface area contributed by atoms with E-state index in [4.69, 9.17) is 23.2 Å². The van der Waals surface area contributed by atoms with Crippen molar-refractivity contribution in [1.82, 2.24) is 0 Å². The first-order chi connectivity index (χ1) is 17.3. The first-order valence-corrected chi connectivity index (χ1v) is 13.4. The second-order valence-electron chi connectivity index (χ2n) is 10.4. The maximum absolute atomic E-state index is 6.25. The van der Waals surface area contributed by atoms with Crippen LogP contribution in [0.2, 0.25) is 10.0 Å². The molecule has 0 saturated heterocycles. The molecule has 6 aromatic carbocycles. The number of rotatable bonds is 4. The number of benzene rings is 6. The smallest absolute Gasteiger partial charge is 0.0406 e. The second kappa shape index (κ2) is 8.80. The summed E-state index contributed by atoms with van der Waals surface area (Å²) < 4.78 is 0. The summed E-state index contributed by atoms with van der Waals surface area (Å²) >= 11 is 12.5. The van der Waals surface area contributed by atoms with Gasteiger partial charge in [-0.05, 0) is 114 Å². The molecular formula is C34H28Cl2. The van der Waals surface area contributed by atoms with Crippen molar-refractivity contribution in [3.05, 3.63) is 106 Å². The Morgan fingerprint density at radius 1 is 0.444 bits per heavy atom. The Morgan fingerprint density at radius 3 is 1.11 bits per heavy atom. The monoisotopic (exact) mass is 506 g/mol. The molecule has 0 heterocycles. The first-order valence-electron chi connectivity index (χ1n) is 12.6. The molecule has 0 nitrogen and oxygen atoms in total. The Hall–Kier alpha value is -3.06. The van der Waals surface area contributed by atoms with Crippen molar-refractivity contribution in [2.24, 2.45) is 0 Å². The second-order valence-corrected chi connectivity index (χ2v) is 11.3.